The largest absolute Gasteiger partial charge is 0.264 e. The van der Waals surface area contributed by atoms with Gasteiger partial charge in [-0.1, -0.05) is 0 Å². The van der Waals surface area contributed by atoms with Crippen molar-refractivity contribution in [3.63, 3.8) is 0 Å². The van der Waals surface area contributed by atoms with Gasteiger partial charge in [0.15, 0.2) is 5.82 Å². The maximum Gasteiger partial charge on any atom is 0.264 e. The van der Waals surface area contributed by atoms with E-state index in [-0.39, 0.29) is 16.3 Å². The van der Waals surface area contributed by atoms with E-state index in [4.69, 9.17) is 5.26 Å². The third-order valence-electron chi connectivity index (χ3n) is 2.13. The van der Waals surface area contributed by atoms with Gasteiger partial charge >= 0.3 is 0 Å². The van der Waals surface area contributed by atoms with Crippen LogP contribution in [0.2, 0.25) is 0 Å². The molecule has 0 aromatic carbocycles. The summed E-state index contributed by atoms with van der Waals surface area (Å²) in [5.41, 5.74) is 0.144. The molecule has 18 heavy (non-hydrogen) atoms. The molecule has 0 spiro atoms. The van der Waals surface area contributed by atoms with E-state index < -0.39 is 10.0 Å². The van der Waals surface area contributed by atoms with Crippen LogP contribution in [0.5, 0.6) is 0 Å². The van der Waals surface area contributed by atoms with Crippen LogP contribution < -0.4 is 4.72 Å². The molecule has 0 aliphatic rings. The van der Waals surface area contributed by atoms with Crippen molar-refractivity contribution in [2.45, 2.75) is 11.8 Å². The van der Waals surface area contributed by atoms with Crippen molar-refractivity contribution in [3.05, 3.63) is 26.5 Å². The van der Waals surface area contributed by atoms with Crippen LogP contribution in [-0.4, -0.2) is 18.6 Å². The minimum atomic E-state index is -3.72. The van der Waals surface area contributed by atoms with E-state index in [1.807, 2.05) is 6.07 Å². The van der Waals surface area contributed by atoms with Gasteiger partial charge in [-0.2, -0.15) is 10.4 Å². The van der Waals surface area contributed by atoms with Crippen LogP contribution in [0.4, 0.5) is 5.82 Å². The van der Waals surface area contributed by atoms with E-state index in [0.717, 1.165) is 3.79 Å². The van der Waals surface area contributed by atoms with Crippen LogP contribution in [0.25, 0.3) is 0 Å². The quantitative estimate of drug-likeness (QED) is 0.889. The Balaban J connectivity index is 2.40. The maximum absolute atomic E-state index is 12.1. The summed E-state index contributed by atoms with van der Waals surface area (Å²) < 4.78 is 27.3. The summed E-state index contributed by atoms with van der Waals surface area (Å²) >= 11 is 4.56. The van der Waals surface area contributed by atoms with E-state index in [1.165, 1.54) is 23.6 Å². The molecule has 2 heterocycles. The third kappa shape index (κ3) is 2.40. The minimum Gasteiger partial charge on any atom is -0.263 e. The monoisotopic (exact) mass is 346 g/mol. The lowest BCUT2D eigenvalue weighted by molar-refractivity contribution is 0.601. The molecule has 0 saturated carbocycles. The number of anilines is 1. The lowest BCUT2D eigenvalue weighted by Crippen LogP contribution is -2.14. The Bertz CT molecular complexity index is 726. The number of nitrogens with zero attached hydrogens (tertiary/aromatic N) is 2. The van der Waals surface area contributed by atoms with Crippen molar-refractivity contribution in [2.75, 3.05) is 4.72 Å². The van der Waals surface area contributed by atoms with Crippen molar-refractivity contribution in [3.8, 4) is 6.07 Å². The Morgan fingerprint density at radius 1 is 1.61 bits per heavy atom. The van der Waals surface area contributed by atoms with Crippen LogP contribution in [0.3, 0.4) is 0 Å². The first-order valence-electron chi connectivity index (χ1n) is 4.66. The predicted molar refractivity (Wildman–Crippen MR) is 70.9 cm³/mol. The molecule has 6 nitrogen and oxygen atoms in total. The molecule has 9 heteroatoms. The molecule has 0 atom stereocenters. The van der Waals surface area contributed by atoms with Crippen LogP contribution in [0, 0.1) is 18.3 Å². The van der Waals surface area contributed by atoms with Crippen LogP contribution in [0.1, 0.15) is 10.4 Å². The zero-order valence-electron chi connectivity index (χ0n) is 9.06. The molecule has 0 bridgehead atoms. The van der Waals surface area contributed by atoms with E-state index in [0.29, 0.717) is 4.88 Å². The van der Waals surface area contributed by atoms with Gasteiger partial charge in [-0.3, -0.25) is 9.82 Å². The normalized spacial score (nSPS) is 11.2. The zero-order valence-corrected chi connectivity index (χ0v) is 12.3. The lowest BCUT2D eigenvalue weighted by atomic mass is 10.4. The highest BCUT2D eigenvalue weighted by Crippen LogP contribution is 2.30. The second-order valence-electron chi connectivity index (χ2n) is 3.35. The van der Waals surface area contributed by atoms with Crippen molar-refractivity contribution in [2.24, 2.45) is 0 Å². The highest BCUT2D eigenvalue weighted by atomic mass is 79.9. The number of nitriles is 1. The molecule has 2 aromatic heterocycles. The van der Waals surface area contributed by atoms with Gasteiger partial charge in [0, 0.05) is 4.88 Å². The molecule has 0 saturated heterocycles. The summed E-state index contributed by atoms with van der Waals surface area (Å²) in [6, 6.07) is 3.36. The third-order valence-corrected chi connectivity index (χ3v) is 5.29. The summed E-state index contributed by atoms with van der Waals surface area (Å²) in [7, 11) is -3.72. The van der Waals surface area contributed by atoms with Gasteiger partial charge in [-0.05, 0) is 28.9 Å². The minimum absolute atomic E-state index is 0.0687. The topological polar surface area (TPSA) is 98.6 Å². The summed E-state index contributed by atoms with van der Waals surface area (Å²) in [5.74, 6) is 0.0687. The number of thiophene rings is 1. The molecule has 0 fully saturated rings. The van der Waals surface area contributed by atoms with Gasteiger partial charge in [0.05, 0.1) is 9.98 Å². The zero-order chi connectivity index (χ0) is 13.3. The Kier molecular flexibility index (Phi) is 3.43. The molecule has 0 amide bonds. The number of aromatic nitrogens is 2. The smallest absolute Gasteiger partial charge is 0.263 e. The fourth-order valence-electron chi connectivity index (χ4n) is 1.34. The molecule has 0 unspecified atom stereocenters. The number of sulfonamides is 1. The molecular formula is C9H7BrN4O2S2. The van der Waals surface area contributed by atoms with Crippen LogP contribution >= 0.6 is 27.3 Å². The molecule has 0 aliphatic heterocycles. The highest BCUT2D eigenvalue weighted by Gasteiger charge is 2.21. The van der Waals surface area contributed by atoms with E-state index in [1.54, 1.807) is 6.92 Å². The summed E-state index contributed by atoms with van der Waals surface area (Å²) in [4.78, 5) is 0.838. The van der Waals surface area contributed by atoms with Gasteiger partial charge in [-0.25, -0.2) is 8.42 Å². The fraction of sp³-hybridized carbons (Fsp3) is 0.111. The maximum atomic E-state index is 12.1. The average Bonchev–Trinajstić information content (AvgIpc) is 2.84. The molecule has 2 N–H and O–H groups in total. The second kappa shape index (κ2) is 4.72. The fourth-order valence-corrected chi connectivity index (χ4v) is 4.79. The molecular weight excluding hydrogens is 340 g/mol. The first-order valence-corrected chi connectivity index (χ1v) is 7.75. The lowest BCUT2D eigenvalue weighted by Gasteiger charge is -2.05. The Hall–Kier alpha value is -1.37. The standard InChI is InChI=1S/C9H7BrN4O2S2/c1-5-7(2-8(10)17-5)18(15,16)14-9-6(3-11)4-12-13-9/h2,4H,1H3,(H2,12,13,14). The highest BCUT2D eigenvalue weighted by molar-refractivity contribution is 9.11. The van der Waals surface area contributed by atoms with Gasteiger partial charge < -0.3 is 0 Å². The Labute approximate surface area is 116 Å². The van der Waals surface area contributed by atoms with Crippen molar-refractivity contribution < 1.29 is 8.42 Å². The number of rotatable bonds is 3. The van der Waals surface area contributed by atoms with Gasteiger partial charge in [0.2, 0.25) is 0 Å². The van der Waals surface area contributed by atoms with Crippen LogP contribution in [0.15, 0.2) is 20.9 Å². The second-order valence-corrected chi connectivity index (χ2v) is 7.63. The summed E-state index contributed by atoms with van der Waals surface area (Å²) in [6.07, 6.45) is 1.26. The van der Waals surface area contributed by atoms with E-state index in [9.17, 15) is 8.42 Å². The van der Waals surface area contributed by atoms with E-state index >= 15 is 0 Å². The number of H-pyrrole nitrogens is 1. The summed E-state index contributed by atoms with van der Waals surface area (Å²) in [5, 5.41) is 14.8. The van der Waals surface area contributed by atoms with Crippen molar-refractivity contribution in [1.29, 1.82) is 5.26 Å². The Morgan fingerprint density at radius 2 is 2.33 bits per heavy atom. The molecule has 0 radical (unpaired) electrons. The summed E-state index contributed by atoms with van der Waals surface area (Å²) in [6.45, 7) is 1.71. The number of hydrogen-bond donors (Lipinski definition) is 2. The van der Waals surface area contributed by atoms with Gasteiger partial charge in [0.1, 0.15) is 16.5 Å². The Morgan fingerprint density at radius 3 is 2.89 bits per heavy atom. The number of aromatic amines is 1. The molecule has 2 rings (SSSR count). The SMILES string of the molecule is Cc1sc(Br)cc1S(=O)(=O)Nc1[nH]ncc1C#N. The van der Waals surface area contributed by atoms with Crippen molar-refractivity contribution >= 4 is 43.1 Å². The van der Waals surface area contributed by atoms with Gasteiger partial charge in [-0.15, -0.1) is 11.3 Å². The number of halogens is 1. The number of aryl methyl sites for hydroxylation is 1. The first kappa shape index (κ1) is 13.1. The van der Waals surface area contributed by atoms with Crippen LogP contribution in [-0.2, 0) is 10.0 Å². The first-order chi connectivity index (χ1) is 8.44. The molecule has 94 valence electrons. The predicted octanol–water partition coefficient (Wildman–Crippen LogP) is 2.21. The van der Waals surface area contributed by atoms with Crippen molar-refractivity contribution in [1.82, 2.24) is 10.2 Å². The molecule has 0 aliphatic carbocycles. The average molecular weight is 347 g/mol. The van der Waals surface area contributed by atoms with Gasteiger partial charge in [0.25, 0.3) is 10.0 Å². The number of nitrogens with one attached hydrogen (secondary N) is 2. The molecule has 2 aromatic rings. The number of hydrogen-bond acceptors (Lipinski definition) is 5. The van der Waals surface area contributed by atoms with E-state index in [2.05, 4.69) is 30.8 Å².